The highest BCUT2D eigenvalue weighted by Crippen LogP contribution is 2.39. The number of nitrogens with one attached hydrogen (secondary N) is 1. The van der Waals surface area contributed by atoms with Crippen molar-refractivity contribution in [3.63, 3.8) is 0 Å². The summed E-state index contributed by atoms with van der Waals surface area (Å²) in [7, 11) is -3.98. The summed E-state index contributed by atoms with van der Waals surface area (Å²) >= 11 is 0. The average molecular weight is 507 g/mol. The molecule has 2 amide bonds. The largest absolute Gasteiger partial charge is 0.457 e. The van der Waals surface area contributed by atoms with E-state index in [1.54, 1.807) is 25.7 Å². The first-order valence-electron chi connectivity index (χ1n) is 11.3. The Morgan fingerprint density at radius 3 is 2.00 bits per heavy atom. The second-order valence-electron chi connectivity index (χ2n) is 9.64. The molecule has 0 aliphatic carbocycles. The summed E-state index contributed by atoms with van der Waals surface area (Å²) in [5, 5.41) is 0. The summed E-state index contributed by atoms with van der Waals surface area (Å²) in [5.74, 6) is -0.287. The van der Waals surface area contributed by atoms with Gasteiger partial charge in [0.15, 0.2) is 9.84 Å². The fourth-order valence-electron chi connectivity index (χ4n) is 3.88. The molecular formula is C25H31FN2O6S. The first-order valence-corrected chi connectivity index (χ1v) is 12.8. The third kappa shape index (κ3) is 6.58. The van der Waals surface area contributed by atoms with Gasteiger partial charge in [0, 0.05) is 26.4 Å². The normalized spacial score (nSPS) is 16.0. The molecule has 0 unspecified atom stereocenters. The first-order chi connectivity index (χ1) is 16.3. The first kappa shape index (κ1) is 26.6. The lowest BCUT2D eigenvalue weighted by Crippen LogP contribution is -2.52. The number of piperidine rings is 1. The molecule has 1 N–H and O–H groups in total. The summed E-state index contributed by atoms with van der Waals surface area (Å²) < 4.78 is 45.0. The number of amides is 2. The minimum atomic E-state index is -3.98. The molecule has 2 aromatic rings. The number of rotatable bonds is 7. The molecule has 35 heavy (non-hydrogen) atoms. The maximum Gasteiger partial charge on any atom is 0.245 e. The number of hydrogen-bond acceptors (Lipinski definition) is 6. The van der Waals surface area contributed by atoms with E-state index in [2.05, 4.69) is 5.48 Å². The smallest absolute Gasteiger partial charge is 0.245 e. The second-order valence-corrected chi connectivity index (χ2v) is 12.0. The van der Waals surface area contributed by atoms with Crippen molar-refractivity contribution in [2.45, 2.75) is 62.2 Å². The molecule has 8 nitrogen and oxygen atoms in total. The number of benzene rings is 2. The number of likely N-dealkylation sites (tertiary alicyclic amines) is 1. The van der Waals surface area contributed by atoms with Gasteiger partial charge < -0.3 is 9.64 Å². The van der Waals surface area contributed by atoms with E-state index in [-0.39, 0.29) is 43.2 Å². The van der Waals surface area contributed by atoms with Crippen LogP contribution in [-0.4, -0.2) is 48.6 Å². The molecule has 0 saturated carbocycles. The fraction of sp³-hybridized carbons (Fsp3) is 0.440. The lowest BCUT2D eigenvalue weighted by Gasteiger charge is -2.40. The summed E-state index contributed by atoms with van der Waals surface area (Å²) in [6.07, 6.45) is -0.0671. The van der Waals surface area contributed by atoms with Crippen molar-refractivity contribution in [1.82, 2.24) is 10.4 Å². The number of nitrogens with zero attached hydrogens (tertiary/aromatic N) is 1. The van der Waals surface area contributed by atoms with Crippen LogP contribution in [0.5, 0.6) is 11.5 Å². The van der Waals surface area contributed by atoms with Crippen LogP contribution in [0.3, 0.4) is 0 Å². The molecule has 1 aliphatic rings. The number of hydrogen-bond donors (Lipinski definition) is 1. The van der Waals surface area contributed by atoms with Crippen LogP contribution in [0.15, 0.2) is 53.4 Å². The van der Waals surface area contributed by atoms with Gasteiger partial charge in [-0.1, -0.05) is 0 Å². The van der Waals surface area contributed by atoms with Crippen molar-refractivity contribution in [1.29, 1.82) is 0 Å². The van der Waals surface area contributed by atoms with Gasteiger partial charge in [0.2, 0.25) is 11.8 Å². The van der Waals surface area contributed by atoms with Crippen molar-refractivity contribution in [2.24, 2.45) is 0 Å². The quantitative estimate of drug-likeness (QED) is 0.570. The third-order valence-electron chi connectivity index (χ3n) is 5.83. The maximum absolute atomic E-state index is 13.8. The zero-order valence-electron chi connectivity index (χ0n) is 20.3. The lowest BCUT2D eigenvalue weighted by atomic mass is 9.92. The van der Waals surface area contributed by atoms with Gasteiger partial charge in [-0.3, -0.25) is 14.4 Å². The Hall–Kier alpha value is -2.98. The van der Waals surface area contributed by atoms with Crippen molar-refractivity contribution in [2.75, 3.05) is 13.1 Å². The average Bonchev–Trinajstić information content (AvgIpc) is 2.79. The van der Waals surface area contributed by atoms with E-state index >= 15 is 0 Å². The SMILES string of the molecule is CC(=O)N1CCC(CC(=O)NOC(C)(C)C)(S(=O)(=O)c2ccc(Oc3ccc(F)cc3)cc2)CC1. The lowest BCUT2D eigenvalue weighted by molar-refractivity contribution is -0.146. The van der Waals surface area contributed by atoms with Crippen LogP contribution in [0, 0.1) is 5.82 Å². The molecule has 1 aliphatic heterocycles. The summed E-state index contributed by atoms with van der Waals surface area (Å²) in [6, 6.07) is 11.3. The highest BCUT2D eigenvalue weighted by atomic mass is 32.2. The Morgan fingerprint density at radius 2 is 1.51 bits per heavy atom. The Kier molecular flexibility index (Phi) is 7.86. The van der Waals surface area contributed by atoms with Gasteiger partial charge in [0.25, 0.3) is 0 Å². The highest BCUT2D eigenvalue weighted by molar-refractivity contribution is 7.92. The molecule has 10 heteroatoms. The molecule has 0 atom stereocenters. The number of ether oxygens (including phenoxy) is 1. The van der Waals surface area contributed by atoms with E-state index in [0.29, 0.717) is 11.5 Å². The summed E-state index contributed by atoms with van der Waals surface area (Å²) in [4.78, 5) is 31.5. The van der Waals surface area contributed by atoms with E-state index < -0.39 is 31.9 Å². The standard InChI is InChI=1S/C25H31FN2O6S/c1-18(29)28-15-13-25(14-16-28,17-23(30)27-34-24(2,3)4)35(31,32)22-11-9-21(10-12-22)33-20-7-5-19(26)6-8-20/h5-12H,13-17H2,1-4H3,(H,27,30). The van der Waals surface area contributed by atoms with Gasteiger partial charge in [-0.05, 0) is 82.1 Å². The topological polar surface area (TPSA) is 102 Å². The molecular weight excluding hydrogens is 475 g/mol. The van der Waals surface area contributed by atoms with E-state index in [1.807, 2.05) is 0 Å². The van der Waals surface area contributed by atoms with Crippen molar-refractivity contribution in [3.05, 3.63) is 54.3 Å². The van der Waals surface area contributed by atoms with E-state index in [0.717, 1.165) is 0 Å². The fourth-order valence-corrected chi connectivity index (χ4v) is 5.92. The monoisotopic (exact) mass is 506 g/mol. The van der Waals surface area contributed by atoms with Crippen LogP contribution in [-0.2, 0) is 24.3 Å². The minimum Gasteiger partial charge on any atom is -0.457 e. The molecule has 0 aromatic heterocycles. The molecule has 3 rings (SSSR count). The predicted molar refractivity (Wildman–Crippen MR) is 128 cm³/mol. The predicted octanol–water partition coefficient (Wildman–Crippen LogP) is 4.01. The Balaban J connectivity index is 1.84. The van der Waals surface area contributed by atoms with Crippen LogP contribution in [0.4, 0.5) is 4.39 Å². The zero-order chi connectivity index (χ0) is 25.9. The van der Waals surface area contributed by atoms with Gasteiger partial charge in [-0.2, -0.15) is 0 Å². The molecule has 2 aromatic carbocycles. The van der Waals surface area contributed by atoms with Crippen molar-refractivity contribution in [3.8, 4) is 11.5 Å². The number of sulfone groups is 1. The maximum atomic E-state index is 13.8. The Morgan fingerprint density at radius 1 is 1.00 bits per heavy atom. The zero-order valence-corrected chi connectivity index (χ0v) is 21.2. The third-order valence-corrected chi connectivity index (χ3v) is 8.41. The molecule has 1 fully saturated rings. The summed E-state index contributed by atoms with van der Waals surface area (Å²) in [6.45, 7) is 7.19. The molecule has 0 bridgehead atoms. The van der Waals surface area contributed by atoms with Crippen LogP contribution >= 0.6 is 0 Å². The van der Waals surface area contributed by atoms with Crippen LogP contribution in [0.1, 0.15) is 47.0 Å². The molecule has 190 valence electrons. The van der Waals surface area contributed by atoms with E-state index in [1.165, 1.54) is 55.5 Å². The molecule has 1 heterocycles. The van der Waals surface area contributed by atoms with Crippen LogP contribution < -0.4 is 10.2 Å². The van der Waals surface area contributed by atoms with E-state index in [4.69, 9.17) is 9.57 Å². The number of halogens is 1. The number of carbonyl (C=O) groups is 2. The molecule has 0 spiro atoms. The van der Waals surface area contributed by atoms with Gasteiger partial charge in [0.05, 0.1) is 15.2 Å². The second kappa shape index (κ2) is 10.3. The van der Waals surface area contributed by atoms with Crippen LogP contribution in [0.25, 0.3) is 0 Å². The molecule has 0 radical (unpaired) electrons. The van der Waals surface area contributed by atoms with E-state index in [9.17, 15) is 22.4 Å². The van der Waals surface area contributed by atoms with Gasteiger partial charge >= 0.3 is 0 Å². The molecule has 1 saturated heterocycles. The van der Waals surface area contributed by atoms with Gasteiger partial charge in [-0.25, -0.2) is 18.3 Å². The van der Waals surface area contributed by atoms with Crippen molar-refractivity contribution >= 4 is 21.7 Å². The Bertz CT molecular complexity index is 1150. The van der Waals surface area contributed by atoms with Crippen LogP contribution in [0.2, 0.25) is 0 Å². The Labute approximate surface area is 205 Å². The highest BCUT2D eigenvalue weighted by Gasteiger charge is 2.48. The van der Waals surface area contributed by atoms with Gasteiger partial charge in [0.1, 0.15) is 17.3 Å². The van der Waals surface area contributed by atoms with Crippen molar-refractivity contribution < 1.29 is 32.0 Å². The number of hydroxylamine groups is 1. The number of carbonyl (C=O) groups excluding carboxylic acids is 2. The minimum absolute atomic E-state index is 0.0461. The summed E-state index contributed by atoms with van der Waals surface area (Å²) in [5.41, 5.74) is 1.72. The van der Waals surface area contributed by atoms with Gasteiger partial charge in [-0.15, -0.1) is 0 Å².